The van der Waals surface area contributed by atoms with Crippen LogP contribution in [0.3, 0.4) is 0 Å². The summed E-state index contributed by atoms with van der Waals surface area (Å²) in [7, 11) is -3.88. The number of benzene rings is 2. The van der Waals surface area contributed by atoms with Gasteiger partial charge in [0.1, 0.15) is 12.6 Å². The normalized spacial score (nSPS) is 12.3. The highest BCUT2D eigenvalue weighted by molar-refractivity contribution is 7.92. The summed E-state index contributed by atoms with van der Waals surface area (Å²) >= 11 is 12.2. The molecule has 2 amide bonds. The van der Waals surface area contributed by atoms with Gasteiger partial charge in [0.25, 0.3) is 0 Å². The van der Waals surface area contributed by atoms with Crippen LogP contribution in [0.4, 0.5) is 5.69 Å². The fourth-order valence-electron chi connectivity index (χ4n) is 3.63. The van der Waals surface area contributed by atoms with E-state index in [0.29, 0.717) is 18.0 Å². The van der Waals surface area contributed by atoms with Crippen molar-refractivity contribution in [2.75, 3.05) is 23.7 Å². The Bertz CT molecular complexity index is 1160. The fraction of sp³-hybridized carbons (Fsp3) is 0.440. The number of nitrogens with one attached hydrogen (secondary N) is 1. The predicted octanol–water partition coefficient (Wildman–Crippen LogP) is 4.65. The standard InChI is InChI=1S/C25H33Cl2N3O4S/c1-6-22(25(32)28-14-17(2)3)29(15-19-9-7-8-18(4)12-19)24(31)16-30(35(5,33)34)23-11-10-20(26)13-21(23)27/h7-13,17,22H,6,14-16H2,1-5H3,(H,28,32)/t22-/m1/s1. The number of nitrogens with zero attached hydrogens (tertiary/aromatic N) is 2. The number of halogens is 2. The molecule has 0 aliphatic heterocycles. The average Bonchev–Trinajstić information content (AvgIpc) is 2.75. The summed E-state index contributed by atoms with van der Waals surface area (Å²) < 4.78 is 26.3. The molecule has 0 saturated heterocycles. The first kappa shape index (κ1) is 28.9. The van der Waals surface area contributed by atoms with E-state index < -0.39 is 28.5 Å². The van der Waals surface area contributed by atoms with Crippen molar-refractivity contribution in [2.45, 2.75) is 46.7 Å². The highest BCUT2D eigenvalue weighted by Crippen LogP contribution is 2.30. The number of carbonyl (C=O) groups excluding carboxylic acids is 2. The maximum Gasteiger partial charge on any atom is 0.244 e. The molecule has 0 unspecified atom stereocenters. The molecule has 7 nitrogen and oxygen atoms in total. The van der Waals surface area contributed by atoms with Crippen LogP contribution in [-0.4, -0.2) is 50.5 Å². The SMILES string of the molecule is CC[C@H](C(=O)NCC(C)C)N(Cc1cccc(C)c1)C(=O)CN(c1ccc(Cl)cc1Cl)S(C)(=O)=O. The molecule has 0 bridgehead atoms. The van der Waals surface area contributed by atoms with Crippen LogP contribution in [0.1, 0.15) is 38.3 Å². The Labute approximate surface area is 218 Å². The van der Waals surface area contributed by atoms with Crippen molar-refractivity contribution >= 4 is 50.7 Å². The van der Waals surface area contributed by atoms with Gasteiger partial charge in [-0.05, 0) is 43.0 Å². The third kappa shape index (κ3) is 8.40. The van der Waals surface area contributed by atoms with Crippen molar-refractivity contribution in [3.8, 4) is 0 Å². The van der Waals surface area contributed by atoms with Crippen LogP contribution in [0.25, 0.3) is 0 Å². The van der Waals surface area contributed by atoms with Crippen molar-refractivity contribution in [1.82, 2.24) is 10.2 Å². The third-order valence-corrected chi connectivity index (χ3v) is 7.03. The number of hydrogen-bond acceptors (Lipinski definition) is 4. The Morgan fingerprint density at radius 3 is 2.31 bits per heavy atom. The summed E-state index contributed by atoms with van der Waals surface area (Å²) in [6.45, 7) is 7.84. The summed E-state index contributed by atoms with van der Waals surface area (Å²) in [6.07, 6.45) is 1.37. The van der Waals surface area contributed by atoms with E-state index in [2.05, 4.69) is 5.32 Å². The Hall–Kier alpha value is -2.29. The van der Waals surface area contributed by atoms with Crippen LogP contribution in [0.15, 0.2) is 42.5 Å². The van der Waals surface area contributed by atoms with Gasteiger partial charge in [-0.15, -0.1) is 0 Å². The van der Waals surface area contributed by atoms with Gasteiger partial charge in [-0.1, -0.05) is 73.8 Å². The van der Waals surface area contributed by atoms with Gasteiger partial charge in [0.05, 0.1) is 17.0 Å². The molecule has 0 aliphatic carbocycles. The van der Waals surface area contributed by atoms with Gasteiger partial charge in [0.15, 0.2) is 0 Å². The number of rotatable bonds is 11. The highest BCUT2D eigenvalue weighted by Gasteiger charge is 2.32. The summed E-state index contributed by atoms with van der Waals surface area (Å²) in [5.41, 5.74) is 1.99. The second-order valence-corrected chi connectivity index (χ2v) is 11.7. The average molecular weight is 543 g/mol. The largest absolute Gasteiger partial charge is 0.354 e. The minimum atomic E-state index is -3.88. The van der Waals surface area contributed by atoms with E-state index in [4.69, 9.17) is 23.2 Å². The summed E-state index contributed by atoms with van der Waals surface area (Å²) in [4.78, 5) is 28.1. The molecule has 2 rings (SSSR count). The Morgan fingerprint density at radius 1 is 1.09 bits per heavy atom. The lowest BCUT2D eigenvalue weighted by Gasteiger charge is -2.33. The number of hydrogen-bond donors (Lipinski definition) is 1. The van der Waals surface area contributed by atoms with Crippen molar-refractivity contribution in [3.05, 3.63) is 63.6 Å². The monoisotopic (exact) mass is 541 g/mol. The van der Waals surface area contributed by atoms with E-state index in [0.717, 1.165) is 21.7 Å². The summed E-state index contributed by atoms with van der Waals surface area (Å²) in [6, 6.07) is 11.2. The van der Waals surface area contributed by atoms with Crippen molar-refractivity contribution in [2.24, 2.45) is 5.92 Å². The van der Waals surface area contributed by atoms with Crippen LogP contribution in [0.2, 0.25) is 10.0 Å². The zero-order chi connectivity index (χ0) is 26.3. The van der Waals surface area contributed by atoms with Crippen LogP contribution in [0.5, 0.6) is 0 Å². The molecule has 0 aromatic heterocycles. The Balaban J connectivity index is 2.45. The van der Waals surface area contributed by atoms with E-state index in [-0.39, 0.29) is 29.1 Å². The van der Waals surface area contributed by atoms with E-state index >= 15 is 0 Å². The second-order valence-electron chi connectivity index (χ2n) is 8.94. The maximum atomic E-state index is 13.7. The molecule has 0 spiro atoms. The van der Waals surface area contributed by atoms with Gasteiger partial charge < -0.3 is 10.2 Å². The molecule has 0 radical (unpaired) electrons. The third-order valence-electron chi connectivity index (χ3n) is 5.36. The smallest absolute Gasteiger partial charge is 0.244 e. The van der Waals surface area contributed by atoms with Crippen LogP contribution < -0.4 is 9.62 Å². The lowest BCUT2D eigenvalue weighted by molar-refractivity contribution is -0.140. The summed E-state index contributed by atoms with van der Waals surface area (Å²) in [5, 5.41) is 3.34. The molecular weight excluding hydrogens is 509 g/mol. The predicted molar refractivity (Wildman–Crippen MR) is 142 cm³/mol. The first-order chi connectivity index (χ1) is 16.3. The van der Waals surface area contributed by atoms with Crippen molar-refractivity contribution in [3.63, 3.8) is 0 Å². The van der Waals surface area contributed by atoms with Crippen LogP contribution in [-0.2, 0) is 26.2 Å². The molecule has 1 N–H and O–H groups in total. The van der Waals surface area contributed by atoms with E-state index in [1.165, 1.54) is 23.1 Å². The first-order valence-electron chi connectivity index (χ1n) is 11.4. The highest BCUT2D eigenvalue weighted by atomic mass is 35.5. The molecule has 0 saturated carbocycles. The molecule has 192 valence electrons. The number of sulfonamides is 1. The summed E-state index contributed by atoms with van der Waals surface area (Å²) in [5.74, 6) is -0.558. The molecular formula is C25H33Cl2N3O4S. The molecule has 35 heavy (non-hydrogen) atoms. The second kappa shape index (κ2) is 12.6. The molecule has 0 fully saturated rings. The number of carbonyl (C=O) groups is 2. The van der Waals surface area contributed by atoms with Gasteiger partial charge in [0, 0.05) is 18.1 Å². The Kier molecular flexibility index (Phi) is 10.4. The number of amides is 2. The number of anilines is 1. The zero-order valence-corrected chi connectivity index (χ0v) is 23.0. The first-order valence-corrected chi connectivity index (χ1v) is 14.0. The van der Waals surface area contributed by atoms with Crippen LogP contribution in [0, 0.1) is 12.8 Å². The van der Waals surface area contributed by atoms with Gasteiger partial charge in [-0.25, -0.2) is 8.42 Å². The molecule has 2 aromatic rings. The maximum absolute atomic E-state index is 13.7. The Morgan fingerprint density at radius 2 is 1.77 bits per heavy atom. The molecule has 0 heterocycles. The van der Waals surface area contributed by atoms with E-state index in [1.807, 2.05) is 52.0 Å². The molecule has 1 atom stereocenters. The zero-order valence-electron chi connectivity index (χ0n) is 20.7. The lowest BCUT2D eigenvalue weighted by Crippen LogP contribution is -2.52. The molecule has 10 heteroatoms. The fourth-order valence-corrected chi connectivity index (χ4v) is 5.05. The lowest BCUT2D eigenvalue weighted by atomic mass is 10.1. The molecule has 2 aromatic carbocycles. The van der Waals surface area contributed by atoms with Gasteiger partial charge in [0.2, 0.25) is 21.8 Å². The van der Waals surface area contributed by atoms with Gasteiger partial charge >= 0.3 is 0 Å². The van der Waals surface area contributed by atoms with Gasteiger partial charge in [-0.3, -0.25) is 13.9 Å². The quantitative estimate of drug-likeness (QED) is 0.448. The molecule has 0 aliphatic rings. The van der Waals surface area contributed by atoms with Gasteiger partial charge in [-0.2, -0.15) is 0 Å². The number of aryl methyl sites for hydroxylation is 1. The van der Waals surface area contributed by atoms with Crippen molar-refractivity contribution in [1.29, 1.82) is 0 Å². The van der Waals surface area contributed by atoms with E-state index in [1.54, 1.807) is 0 Å². The topological polar surface area (TPSA) is 86.8 Å². The van der Waals surface area contributed by atoms with Crippen LogP contribution >= 0.6 is 23.2 Å². The van der Waals surface area contributed by atoms with E-state index in [9.17, 15) is 18.0 Å². The minimum Gasteiger partial charge on any atom is -0.354 e. The van der Waals surface area contributed by atoms with Crippen molar-refractivity contribution < 1.29 is 18.0 Å². The minimum absolute atomic E-state index is 0.0997.